The summed E-state index contributed by atoms with van der Waals surface area (Å²) in [7, 11) is 0. The summed E-state index contributed by atoms with van der Waals surface area (Å²) in [6, 6.07) is 10.1. The minimum atomic E-state index is -0.0719. The fraction of sp³-hybridized carbons (Fsp3) is 0.231. The minimum Gasteiger partial charge on any atom is -0.320 e. The smallest absolute Gasteiger partial charge is 0.0931 e. The summed E-state index contributed by atoms with van der Waals surface area (Å²) >= 11 is 7.47. The minimum absolute atomic E-state index is 0.0719. The van der Waals surface area contributed by atoms with Crippen molar-refractivity contribution in [1.29, 1.82) is 0 Å². The lowest BCUT2D eigenvalue weighted by Crippen LogP contribution is -2.12. The summed E-state index contributed by atoms with van der Waals surface area (Å²) in [5, 5.41) is 0. The molecule has 1 aromatic heterocycles. The van der Waals surface area contributed by atoms with E-state index in [1.54, 1.807) is 11.3 Å². The van der Waals surface area contributed by atoms with E-state index in [0.717, 1.165) is 9.21 Å². The molecule has 1 aromatic carbocycles. The molecule has 1 nitrogen and oxygen atoms in total. The Morgan fingerprint density at radius 1 is 1.19 bits per heavy atom. The first-order valence-electron chi connectivity index (χ1n) is 5.16. The van der Waals surface area contributed by atoms with Crippen LogP contribution in [0.1, 0.15) is 27.6 Å². The van der Waals surface area contributed by atoms with Crippen LogP contribution in [0, 0.1) is 13.8 Å². The van der Waals surface area contributed by atoms with Crippen molar-refractivity contribution in [2.45, 2.75) is 19.9 Å². The van der Waals surface area contributed by atoms with Crippen LogP contribution in [-0.4, -0.2) is 0 Å². The highest BCUT2D eigenvalue weighted by molar-refractivity contribution is 7.16. The second-order valence-corrected chi connectivity index (χ2v) is 5.66. The van der Waals surface area contributed by atoms with Crippen LogP contribution >= 0.6 is 22.9 Å². The van der Waals surface area contributed by atoms with Gasteiger partial charge in [0.25, 0.3) is 0 Å². The lowest BCUT2D eigenvalue weighted by molar-refractivity contribution is 0.879. The Morgan fingerprint density at radius 3 is 2.56 bits per heavy atom. The molecule has 1 heterocycles. The van der Waals surface area contributed by atoms with E-state index in [1.165, 1.54) is 16.7 Å². The number of nitrogens with two attached hydrogens (primary N) is 1. The van der Waals surface area contributed by atoms with E-state index in [2.05, 4.69) is 26.0 Å². The number of hydrogen-bond acceptors (Lipinski definition) is 2. The van der Waals surface area contributed by atoms with Crippen LogP contribution in [0.25, 0.3) is 0 Å². The molecule has 0 fully saturated rings. The average Bonchev–Trinajstić information content (AvgIpc) is 2.68. The van der Waals surface area contributed by atoms with Gasteiger partial charge in [0, 0.05) is 4.88 Å². The fourth-order valence-corrected chi connectivity index (χ4v) is 2.84. The second-order valence-electron chi connectivity index (χ2n) is 3.91. The highest BCUT2D eigenvalue weighted by Gasteiger charge is 2.13. The number of rotatable bonds is 2. The van der Waals surface area contributed by atoms with Gasteiger partial charge < -0.3 is 5.73 Å². The van der Waals surface area contributed by atoms with Gasteiger partial charge in [0.05, 0.1) is 10.4 Å². The summed E-state index contributed by atoms with van der Waals surface area (Å²) in [6.45, 7) is 4.21. The molecule has 0 aliphatic carbocycles. The highest BCUT2D eigenvalue weighted by Crippen LogP contribution is 2.31. The van der Waals surface area contributed by atoms with Crippen molar-refractivity contribution in [3.05, 3.63) is 56.2 Å². The zero-order valence-electron chi connectivity index (χ0n) is 9.33. The molecule has 2 N–H and O–H groups in total. The third-order valence-electron chi connectivity index (χ3n) is 2.88. The molecule has 0 aliphatic heterocycles. The number of benzene rings is 1. The van der Waals surface area contributed by atoms with Gasteiger partial charge in [0.15, 0.2) is 0 Å². The fourth-order valence-electron chi connectivity index (χ4n) is 1.76. The van der Waals surface area contributed by atoms with Crippen molar-refractivity contribution < 1.29 is 0 Å². The van der Waals surface area contributed by atoms with Gasteiger partial charge in [-0.15, -0.1) is 11.3 Å². The molecule has 1 atom stereocenters. The number of halogens is 1. The molecule has 0 bridgehead atoms. The van der Waals surface area contributed by atoms with Gasteiger partial charge in [-0.3, -0.25) is 0 Å². The Labute approximate surface area is 105 Å². The molecule has 2 rings (SSSR count). The number of hydrogen-bond donors (Lipinski definition) is 1. The Kier molecular flexibility index (Phi) is 3.33. The van der Waals surface area contributed by atoms with E-state index < -0.39 is 0 Å². The third kappa shape index (κ3) is 2.14. The predicted octanol–water partition coefficient (Wildman–Crippen LogP) is 4.07. The Balaban J connectivity index is 2.41. The van der Waals surface area contributed by atoms with Crippen LogP contribution in [0.5, 0.6) is 0 Å². The lowest BCUT2D eigenvalue weighted by Gasteiger charge is -2.14. The average molecular weight is 252 g/mol. The van der Waals surface area contributed by atoms with Crippen LogP contribution in [0.4, 0.5) is 0 Å². The van der Waals surface area contributed by atoms with Gasteiger partial charge in [-0.1, -0.05) is 29.8 Å². The normalized spacial score (nSPS) is 12.8. The van der Waals surface area contributed by atoms with E-state index in [1.807, 2.05) is 18.2 Å². The first-order chi connectivity index (χ1) is 7.59. The van der Waals surface area contributed by atoms with Crippen molar-refractivity contribution in [1.82, 2.24) is 0 Å². The molecular weight excluding hydrogens is 238 g/mol. The number of aryl methyl sites for hydroxylation is 1. The standard InChI is InChI=1S/C13H14ClNS/c1-8-4-3-5-10(9(8)2)13(15)11-6-7-12(14)16-11/h3-7,13H,15H2,1-2H3. The van der Waals surface area contributed by atoms with Gasteiger partial charge in [-0.05, 0) is 42.7 Å². The topological polar surface area (TPSA) is 26.0 Å². The zero-order valence-corrected chi connectivity index (χ0v) is 10.9. The van der Waals surface area contributed by atoms with Crippen LogP contribution in [0.3, 0.4) is 0 Å². The number of thiophene rings is 1. The van der Waals surface area contributed by atoms with Crippen LogP contribution in [0.2, 0.25) is 4.34 Å². The molecule has 0 aliphatic rings. The zero-order chi connectivity index (χ0) is 11.7. The Morgan fingerprint density at radius 2 is 1.94 bits per heavy atom. The molecule has 3 heteroatoms. The summed E-state index contributed by atoms with van der Waals surface area (Å²) in [6.07, 6.45) is 0. The summed E-state index contributed by atoms with van der Waals surface area (Å²) in [5.74, 6) is 0. The second kappa shape index (κ2) is 4.58. The predicted molar refractivity (Wildman–Crippen MR) is 71.3 cm³/mol. The maximum absolute atomic E-state index is 6.25. The van der Waals surface area contributed by atoms with E-state index >= 15 is 0 Å². The van der Waals surface area contributed by atoms with Gasteiger partial charge in [0.2, 0.25) is 0 Å². The molecule has 0 amide bonds. The SMILES string of the molecule is Cc1cccc(C(N)c2ccc(Cl)s2)c1C. The third-order valence-corrected chi connectivity index (χ3v) is 4.20. The van der Waals surface area contributed by atoms with E-state index in [-0.39, 0.29) is 6.04 Å². The highest BCUT2D eigenvalue weighted by atomic mass is 35.5. The molecule has 84 valence electrons. The molecule has 0 saturated heterocycles. The van der Waals surface area contributed by atoms with Crippen molar-refractivity contribution in [2.75, 3.05) is 0 Å². The van der Waals surface area contributed by atoms with Crippen molar-refractivity contribution in [3.63, 3.8) is 0 Å². The molecule has 0 radical (unpaired) electrons. The lowest BCUT2D eigenvalue weighted by atomic mass is 9.97. The molecule has 0 saturated carbocycles. The first-order valence-corrected chi connectivity index (χ1v) is 6.36. The maximum atomic E-state index is 6.25. The van der Waals surface area contributed by atoms with Gasteiger partial charge in [-0.2, -0.15) is 0 Å². The summed E-state index contributed by atoms with van der Waals surface area (Å²) in [5.41, 5.74) is 9.97. The van der Waals surface area contributed by atoms with E-state index in [4.69, 9.17) is 17.3 Å². The van der Waals surface area contributed by atoms with Gasteiger partial charge >= 0.3 is 0 Å². The van der Waals surface area contributed by atoms with Crippen LogP contribution in [-0.2, 0) is 0 Å². The Bertz CT molecular complexity index is 504. The Hall–Kier alpha value is -0.830. The van der Waals surface area contributed by atoms with Crippen LogP contribution < -0.4 is 5.73 Å². The van der Waals surface area contributed by atoms with E-state index in [9.17, 15) is 0 Å². The molecule has 0 spiro atoms. The van der Waals surface area contributed by atoms with Gasteiger partial charge in [-0.25, -0.2) is 0 Å². The first kappa shape index (κ1) is 11.6. The van der Waals surface area contributed by atoms with Crippen molar-refractivity contribution in [3.8, 4) is 0 Å². The van der Waals surface area contributed by atoms with Crippen LogP contribution in [0.15, 0.2) is 30.3 Å². The maximum Gasteiger partial charge on any atom is 0.0931 e. The van der Waals surface area contributed by atoms with Crippen molar-refractivity contribution >= 4 is 22.9 Å². The van der Waals surface area contributed by atoms with E-state index in [0.29, 0.717) is 0 Å². The van der Waals surface area contributed by atoms with Crippen molar-refractivity contribution in [2.24, 2.45) is 5.73 Å². The summed E-state index contributed by atoms with van der Waals surface area (Å²) in [4.78, 5) is 1.11. The van der Waals surface area contributed by atoms with Gasteiger partial charge in [0.1, 0.15) is 0 Å². The molecule has 2 aromatic rings. The summed E-state index contributed by atoms with van der Waals surface area (Å²) < 4.78 is 0.788. The monoisotopic (exact) mass is 251 g/mol. The quantitative estimate of drug-likeness (QED) is 0.856. The largest absolute Gasteiger partial charge is 0.320 e. The molecule has 16 heavy (non-hydrogen) atoms. The molecule has 1 unspecified atom stereocenters. The molecular formula is C13H14ClNS.